The van der Waals surface area contributed by atoms with Gasteiger partial charge < -0.3 is 14.2 Å². The van der Waals surface area contributed by atoms with Crippen molar-refractivity contribution in [2.45, 2.75) is 45.4 Å². The van der Waals surface area contributed by atoms with Crippen molar-refractivity contribution < 1.29 is 9.31 Å². The molecule has 1 aromatic carbocycles. The average Bonchev–Trinajstić information content (AvgIpc) is 2.57. The van der Waals surface area contributed by atoms with E-state index in [4.69, 9.17) is 9.31 Å². The standard InChI is InChI=1S/C17H26BNO2/c1-8-13-9-10-15(14(11-13)12-19(6)7)18-20-16(2,3)17(4,5)21-18/h8-11H,1,12H2,2-7H3. The molecule has 0 bridgehead atoms. The highest BCUT2D eigenvalue weighted by Gasteiger charge is 2.52. The molecular formula is C17H26BNO2. The Labute approximate surface area is 129 Å². The molecule has 0 amide bonds. The minimum Gasteiger partial charge on any atom is -0.399 e. The molecule has 3 nitrogen and oxygen atoms in total. The molecule has 0 aromatic heterocycles. The zero-order valence-corrected chi connectivity index (χ0v) is 14.1. The Morgan fingerprint density at radius 2 is 1.71 bits per heavy atom. The second-order valence-corrected chi connectivity index (χ2v) is 6.99. The molecule has 1 heterocycles. The summed E-state index contributed by atoms with van der Waals surface area (Å²) in [4.78, 5) is 2.15. The monoisotopic (exact) mass is 287 g/mol. The summed E-state index contributed by atoms with van der Waals surface area (Å²) in [5, 5.41) is 0. The van der Waals surface area contributed by atoms with E-state index in [-0.39, 0.29) is 18.3 Å². The van der Waals surface area contributed by atoms with Crippen molar-refractivity contribution in [1.29, 1.82) is 0 Å². The van der Waals surface area contributed by atoms with Crippen LogP contribution in [0.25, 0.3) is 6.08 Å². The summed E-state index contributed by atoms with van der Waals surface area (Å²) in [5.74, 6) is 0. The van der Waals surface area contributed by atoms with Gasteiger partial charge in [-0.2, -0.15) is 0 Å². The number of nitrogens with zero attached hydrogens (tertiary/aromatic N) is 1. The molecule has 1 aliphatic heterocycles. The van der Waals surface area contributed by atoms with Gasteiger partial charge in [-0.05, 0) is 58.4 Å². The maximum Gasteiger partial charge on any atom is 0.495 e. The lowest BCUT2D eigenvalue weighted by Crippen LogP contribution is -2.41. The summed E-state index contributed by atoms with van der Waals surface area (Å²) in [6, 6.07) is 6.32. The summed E-state index contributed by atoms with van der Waals surface area (Å²) >= 11 is 0. The summed E-state index contributed by atoms with van der Waals surface area (Å²) in [7, 11) is 3.81. The highest BCUT2D eigenvalue weighted by molar-refractivity contribution is 6.62. The third-order valence-corrected chi connectivity index (χ3v) is 4.40. The Morgan fingerprint density at radius 1 is 1.14 bits per heavy atom. The van der Waals surface area contributed by atoms with Crippen molar-refractivity contribution in [3.05, 3.63) is 35.9 Å². The molecule has 0 unspecified atom stereocenters. The Bertz CT molecular complexity index is 522. The minimum atomic E-state index is -0.316. The molecule has 1 aromatic rings. The van der Waals surface area contributed by atoms with Gasteiger partial charge >= 0.3 is 7.12 Å². The summed E-state index contributed by atoms with van der Waals surface area (Å²) in [5.41, 5.74) is 2.81. The van der Waals surface area contributed by atoms with E-state index >= 15 is 0 Å². The van der Waals surface area contributed by atoms with Gasteiger partial charge in [0.15, 0.2) is 0 Å². The molecule has 0 radical (unpaired) electrons. The minimum absolute atomic E-state index is 0.315. The lowest BCUT2D eigenvalue weighted by Gasteiger charge is -2.32. The van der Waals surface area contributed by atoms with E-state index in [1.807, 2.05) is 6.08 Å². The van der Waals surface area contributed by atoms with Crippen LogP contribution in [0.15, 0.2) is 24.8 Å². The Hall–Kier alpha value is -1.10. The number of hydrogen-bond acceptors (Lipinski definition) is 3. The molecule has 0 spiro atoms. The fraction of sp³-hybridized carbons (Fsp3) is 0.529. The number of hydrogen-bond donors (Lipinski definition) is 0. The fourth-order valence-electron chi connectivity index (χ4n) is 2.43. The first-order valence-corrected chi connectivity index (χ1v) is 7.42. The van der Waals surface area contributed by atoms with E-state index < -0.39 is 0 Å². The lowest BCUT2D eigenvalue weighted by atomic mass is 9.75. The van der Waals surface area contributed by atoms with Crippen LogP contribution in [-0.2, 0) is 15.9 Å². The van der Waals surface area contributed by atoms with Gasteiger partial charge in [0.05, 0.1) is 11.2 Å². The topological polar surface area (TPSA) is 21.7 Å². The second kappa shape index (κ2) is 5.60. The normalized spacial score (nSPS) is 20.0. The molecule has 1 saturated heterocycles. The van der Waals surface area contributed by atoms with E-state index in [9.17, 15) is 0 Å². The largest absolute Gasteiger partial charge is 0.495 e. The van der Waals surface area contributed by atoms with Crippen LogP contribution in [0.2, 0.25) is 0 Å². The zero-order chi connectivity index (χ0) is 15.8. The predicted octanol–water partition coefficient (Wildman–Crippen LogP) is 2.69. The molecule has 0 aliphatic carbocycles. The van der Waals surface area contributed by atoms with Crippen LogP contribution in [0.5, 0.6) is 0 Å². The van der Waals surface area contributed by atoms with Crippen molar-refractivity contribution in [3.63, 3.8) is 0 Å². The van der Waals surface area contributed by atoms with Gasteiger partial charge in [0.25, 0.3) is 0 Å². The average molecular weight is 287 g/mol. The molecule has 1 aliphatic rings. The molecule has 2 rings (SSSR count). The highest BCUT2D eigenvalue weighted by Crippen LogP contribution is 2.36. The van der Waals surface area contributed by atoms with E-state index in [0.717, 1.165) is 17.6 Å². The van der Waals surface area contributed by atoms with Crippen molar-refractivity contribution in [2.75, 3.05) is 14.1 Å². The molecule has 4 heteroatoms. The Morgan fingerprint density at radius 3 is 2.19 bits per heavy atom. The van der Waals surface area contributed by atoms with Gasteiger partial charge in [0, 0.05) is 6.54 Å². The Kier molecular flexibility index (Phi) is 4.34. The fourth-order valence-corrected chi connectivity index (χ4v) is 2.43. The van der Waals surface area contributed by atoms with Crippen molar-refractivity contribution in [2.24, 2.45) is 0 Å². The number of rotatable bonds is 4. The molecule has 0 atom stereocenters. The van der Waals surface area contributed by atoms with Crippen LogP contribution in [-0.4, -0.2) is 37.3 Å². The SMILES string of the molecule is C=Cc1ccc(B2OC(C)(C)C(C)(C)O2)c(CN(C)C)c1. The maximum absolute atomic E-state index is 6.18. The summed E-state index contributed by atoms with van der Waals surface area (Å²) in [6.45, 7) is 13.0. The molecule has 114 valence electrons. The number of benzene rings is 1. The van der Waals surface area contributed by atoms with Crippen LogP contribution >= 0.6 is 0 Å². The van der Waals surface area contributed by atoms with Gasteiger partial charge in [0.2, 0.25) is 0 Å². The van der Waals surface area contributed by atoms with Crippen LogP contribution in [0, 0.1) is 0 Å². The zero-order valence-electron chi connectivity index (χ0n) is 14.1. The van der Waals surface area contributed by atoms with Gasteiger partial charge in [-0.1, -0.05) is 30.9 Å². The van der Waals surface area contributed by atoms with Crippen LogP contribution < -0.4 is 5.46 Å². The van der Waals surface area contributed by atoms with Gasteiger partial charge in [0.1, 0.15) is 0 Å². The highest BCUT2D eigenvalue weighted by atomic mass is 16.7. The van der Waals surface area contributed by atoms with Crippen molar-refractivity contribution in [3.8, 4) is 0 Å². The summed E-state index contributed by atoms with van der Waals surface area (Å²) in [6.07, 6.45) is 1.87. The quantitative estimate of drug-likeness (QED) is 0.795. The third kappa shape index (κ3) is 3.23. The van der Waals surface area contributed by atoms with Crippen LogP contribution in [0.1, 0.15) is 38.8 Å². The van der Waals surface area contributed by atoms with E-state index in [0.29, 0.717) is 0 Å². The maximum atomic E-state index is 6.18. The third-order valence-electron chi connectivity index (χ3n) is 4.40. The predicted molar refractivity (Wildman–Crippen MR) is 89.6 cm³/mol. The lowest BCUT2D eigenvalue weighted by molar-refractivity contribution is 0.00578. The van der Waals surface area contributed by atoms with Gasteiger partial charge in [-0.3, -0.25) is 0 Å². The summed E-state index contributed by atoms with van der Waals surface area (Å²) < 4.78 is 12.4. The second-order valence-electron chi connectivity index (χ2n) is 6.99. The van der Waals surface area contributed by atoms with Gasteiger partial charge in [-0.25, -0.2) is 0 Å². The van der Waals surface area contributed by atoms with E-state index in [1.54, 1.807) is 0 Å². The van der Waals surface area contributed by atoms with Crippen molar-refractivity contribution >= 4 is 18.7 Å². The molecule has 1 fully saturated rings. The van der Waals surface area contributed by atoms with Crippen molar-refractivity contribution in [1.82, 2.24) is 4.90 Å². The first-order chi connectivity index (χ1) is 9.66. The molecule has 0 N–H and O–H groups in total. The van der Waals surface area contributed by atoms with Crippen LogP contribution in [0.4, 0.5) is 0 Å². The van der Waals surface area contributed by atoms with E-state index in [1.165, 1.54) is 5.56 Å². The molecule has 0 saturated carbocycles. The first-order valence-electron chi connectivity index (χ1n) is 7.42. The smallest absolute Gasteiger partial charge is 0.399 e. The molecular weight excluding hydrogens is 261 g/mol. The van der Waals surface area contributed by atoms with Crippen LogP contribution in [0.3, 0.4) is 0 Å². The first kappa shape index (κ1) is 16.3. The van der Waals surface area contributed by atoms with E-state index in [2.05, 4.69) is 71.5 Å². The molecule has 21 heavy (non-hydrogen) atoms. The van der Waals surface area contributed by atoms with Gasteiger partial charge in [-0.15, -0.1) is 0 Å². The Balaban J connectivity index is 2.38.